The van der Waals surface area contributed by atoms with Crippen LogP contribution in [-0.2, 0) is 0 Å². The van der Waals surface area contributed by atoms with Crippen LogP contribution >= 0.6 is 0 Å². The van der Waals surface area contributed by atoms with E-state index in [-0.39, 0.29) is 0 Å². The Morgan fingerprint density at radius 1 is 0.957 bits per heavy atom. The van der Waals surface area contributed by atoms with Crippen LogP contribution in [0.15, 0.2) is 55.0 Å². The summed E-state index contributed by atoms with van der Waals surface area (Å²) in [7, 11) is 0. The van der Waals surface area contributed by atoms with Crippen LogP contribution in [0.3, 0.4) is 0 Å². The average molecular weight is 300 g/mol. The Bertz CT molecular complexity index is 1000. The Balaban J connectivity index is 1.87. The quantitative estimate of drug-likeness (QED) is 0.600. The van der Waals surface area contributed by atoms with Crippen LogP contribution in [0.25, 0.3) is 33.5 Å². The normalized spacial score (nSPS) is 11.0. The lowest BCUT2D eigenvalue weighted by Crippen LogP contribution is -1.90. The number of aromatic amines is 1. The number of aryl methyl sites for hydroxylation is 2. The van der Waals surface area contributed by atoms with Crippen LogP contribution < -0.4 is 0 Å². The predicted molar refractivity (Wildman–Crippen MR) is 92.0 cm³/mol. The van der Waals surface area contributed by atoms with Gasteiger partial charge in [0.2, 0.25) is 0 Å². The van der Waals surface area contributed by atoms with Crippen LogP contribution in [0, 0.1) is 13.8 Å². The number of aromatic nitrogens is 4. The molecule has 4 nitrogen and oxygen atoms in total. The van der Waals surface area contributed by atoms with Crippen LogP contribution in [0.4, 0.5) is 0 Å². The number of H-pyrrole nitrogens is 1. The van der Waals surface area contributed by atoms with Gasteiger partial charge in [-0.05, 0) is 49.7 Å². The third kappa shape index (κ3) is 2.48. The molecule has 0 aliphatic rings. The number of nitrogens with one attached hydrogen (secondary N) is 1. The van der Waals surface area contributed by atoms with Gasteiger partial charge in [-0.1, -0.05) is 12.1 Å². The molecule has 4 heteroatoms. The van der Waals surface area contributed by atoms with E-state index in [2.05, 4.69) is 45.1 Å². The van der Waals surface area contributed by atoms with Crippen molar-refractivity contribution in [3.63, 3.8) is 0 Å². The molecule has 1 aromatic carbocycles. The van der Waals surface area contributed by atoms with Gasteiger partial charge in [0.15, 0.2) is 0 Å². The summed E-state index contributed by atoms with van der Waals surface area (Å²) < 4.78 is 0. The highest BCUT2D eigenvalue weighted by Crippen LogP contribution is 2.29. The van der Waals surface area contributed by atoms with E-state index >= 15 is 0 Å². The van der Waals surface area contributed by atoms with Gasteiger partial charge in [0, 0.05) is 22.8 Å². The van der Waals surface area contributed by atoms with Crippen molar-refractivity contribution in [2.45, 2.75) is 13.8 Å². The van der Waals surface area contributed by atoms with Gasteiger partial charge in [0.05, 0.1) is 28.9 Å². The van der Waals surface area contributed by atoms with Gasteiger partial charge in [-0.2, -0.15) is 0 Å². The Hall–Kier alpha value is -3.01. The third-order valence-electron chi connectivity index (χ3n) is 3.88. The average Bonchev–Trinajstić information content (AvgIpc) is 3.03. The van der Waals surface area contributed by atoms with Gasteiger partial charge in [0.25, 0.3) is 0 Å². The topological polar surface area (TPSA) is 54.5 Å². The van der Waals surface area contributed by atoms with Crippen LogP contribution in [0.2, 0.25) is 0 Å². The summed E-state index contributed by atoms with van der Waals surface area (Å²) in [6.07, 6.45) is 3.60. The predicted octanol–water partition coefficient (Wildman–Crippen LogP) is 4.30. The summed E-state index contributed by atoms with van der Waals surface area (Å²) in [6, 6.07) is 14.4. The fourth-order valence-electron chi connectivity index (χ4n) is 2.78. The van der Waals surface area contributed by atoms with Crippen LogP contribution in [-0.4, -0.2) is 19.9 Å². The molecule has 0 spiro atoms. The van der Waals surface area contributed by atoms with Gasteiger partial charge in [-0.15, -0.1) is 0 Å². The van der Waals surface area contributed by atoms with Crippen molar-refractivity contribution >= 4 is 10.9 Å². The van der Waals surface area contributed by atoms with Gasteiger partial charge < -0.3 is 4.98 Å². The molecule has 0 aliphatic heterocycles. The molecule has 0 saturated heterocycles. The molecular formula is C19H16N4. The molecule has 4 rings (SSSR count). The van der Waals surface area contributed by atoms with Crippen molar-refractivity contribution in [1.29, 1.82) is 0 Å². The highest BCUT2D eigenvalue weighted by molar-refractivity contribution is 5.87. The standard InChI is InChI=1S/C19H16N4/c1-12-8-15-9-14(6-7-16(15)20-10-12)18-19(22-11-21-18)17-5-3-4-13(2)23-17/h3-11H,1-2H3,(H,21,22). The van der Waals surface area contributed by atoms with E-state index in [0.29, 0.717) is 0 Å². The van der Waals surface area contributed by atoms with E-state index in [0.717, 1.165) is 44.8 Å². The second-order valence-corrected chi connectivity index (χ2v) is 5.71. The third-order valence-corrected chi connectivity index (χ3v) is 3.88. The molecule has 0 radical (unpaired) electrons. The first-order chi connectivity index (χ1) is 11.2. The summed E-state index contributed by atoms with van der Waals surface area (Å²) >= 11 is 0. The van der Waals surface area contributed by atoms with E-state index in [1.807, 2.05) is 37.4 Å². The zero-order chi connectivity index (χ0) is 15.8. The first kappa shape index (κ1) is 13.6. The molecule has 0 aliphatic carbocycles. The Morgan fingerprint density at radius 2 is 1.87 bits per heavy atom. The zero-order valence-electron chi connectivity index (χ0n) is 13.0. The molecule has 0 fully saturated rings. The van der Waals surface area contributed by atoms with Crippen LogP contribution in [0.5, 0.6) is 0 Å². The zero-order valence-corrected chi connectivity index (χ0v) is 13.0. The number of rotatable bonds is 2. The van der Waals surface area contributed by atoms with Gasteiger partial charge in [-0.3, -0.25) is 9.97 Å². The molecule has 0 saturated carbocycles. The maximum Gasteiger partial charge on any atom is 0.0977 e. The van der Waals surface area contributed by atoms with Crippen molar-refractivity contribution in [2.24, 2.45) is 0 Å². The van der Waals surface area contributed by atoms with E-state index in [9.17, 15) is 0 Å². The smallest absolute Gasteiger partial charge is 0.0977 e. The van der Waals surface area contributed by atoms with Crippen molar-refractivity contribution in [3.8, 4) is 22.6 Å². The number of benzene rings is 1. The first-order valence-electron chi connectivity index (χ1n) is 7.55. The number of nitrogens with zero attached hydrogens (tertiary/aromatic N) is 3. The van der Waals surface area contributed by atoms with Crippen molar-refractivity contribution < 1.29 is 0 Å². The second kappa shape index (κ2) is 5.32. The number of fused-ring (bicyclic) bond motifs is 1. The van der Waals surface area contributed by atoms with Gasteiger partial charge in [-0.25, -0.2) is 4.98 Å². The molecule has 0 amide bonds. The Kier molecular flexibility index (Phi) is 3.15. The summed E-state index contributed by atoms with van der Waals surface area (Å²) in [5, 5.41) is 1.12. The number of hydrogen-bond acceptors (Lipinski definition) is 3. The SMILES string of the molecule is Cc1cnc2ccc(-c3nc[nH]c3-c3cccc(C)n3)cc2c1. The minimum atomic E-state index is 0.903. The first-order valence-corrected chi connectivity index (χ1v) is 7.55. The molecule has 1 N–H and O–H groups in total. The van der Waals surface area contributed by atoms with Crippen LogP contribution in [0.1, 0.15) is 11.3 Å². The van der Waals surface area contributed by atoms with Crippen molar-refractivity contribution in [1.82, 2.24) is 19.9 Å². The highest BCUT2D eigenvalue weighted by atomic mass is 14.9. The molecule has 0 atom stereocenters. The largest absolute Gasteiger partial charge is 0.343 e. The lowest BCUT2D eigenvalue weighted by molar-refractivity contribution is 1.19. The highest BCUT2D eigenvalue weighted by Gasteiger charge is 2.12. The molecule has 3 heterocycles. The molecular weight excluding hydrogens is 284 g/mol. The molecule has 4 aromatic rings. The minimum absolute atomic E-state index is 0.903. The maximum absolute atomic E-state index is 4.59. The molecule has 0 unspecified atom stereocenters. The summed E-state index contributed by atoms with van der Waals surface area (Å²) in [5.41, 5.74) is 6.94. The second-order valence-electron chi connectivity index (χ2n) is 5.71. The van der Waals surface area contributed by atoms with Gasteiger partial charge >= 0.3 is 0 Å². The van der Waals surface area contributed by atoms with E-state index in [1.165, 1.54) is 0 Å². The number of imidazole rings is 1. The number of hydrogen-bond donors (Lipinski definition) is 1. The molecule has 3 aromatic heterocycles. The van der Waals surface area contributed by atoms with E-state index in [4.69, 9.17) is 0 Å². The van der Waals surface area contributed by atoms with Gasteiger partial charge in [0.1, 0.15) is 0 Å². The Labute approximate surface area is 134 Å². The Morgan fingerprint density at radius 3 is 2.74 bits per heavy atom. The molecule has 0 bridgehead atoms. The molecule has 112 valence electrons. The monoisotopic (exact) mass is 300 g/mol. The summed E-state index contributed by atoms with van der Waals surface area (Å²) in [4.78, 5) is 16.8. The minimum Gasteiger partial charge on any atom is -0.343 e. The number of pyridine rings is 2. The molecule has 23 heavy (non-hydrogen) atoms. The van der Waals surface area contributed by atoms with Crippen molar-refractivity contribution in [2.75, 3.05) is 0 Å². The van der Waals surface area contributed by atoms with Crippen molar-refractivity contribution in [3.05, 3.63) is 66.2 Å². The fraction of sp³-hybridized carbons (Fsp3) is 0.105. The lowest BCUT2D eigenvalue weighted by atomic mass is 10.0. The summed E-state index contributed by atoms with van der Waals surface area (Å²) in [6.45, 7) is 4.04. The van der Waals surface area contributed by atoms with E-state index < -0.39 is 0 Å². The van der Waals surface area contributed by atoms with E-state index in [1.54, 1.807) is 6.33 Å². The fourth-order valence-corrected chi connectivity index (χ4v) is 2.78. The summed E-state index contributed by atoms with van der Waals surface area (Å²) in [5.74, 6) is 0. The lowest BCUT2D eigenvalue weighted by Gasteiger charge is -2.05. The maximum atomic E-state index is 4.59.